The molecule has 0 spiro atoms. The van der Waals surface area contributed by atoms with Crippen molar-refractivity contribution in [3.8, 4) is 0 Å². The Morgan fingerprint density at radius 3 is 2.54 bits per heavy atom. The third-order valence-corrected chi connectivity index (χ3v) is 2.17. The third-order valence-electron chi connectivity index (χ3n) is 1.38. The average Bonchev–Trinajstić information content (AvgIpc) is 2.31. The normalized spacial score (nSPS) is 13.5. The van der Waals surface area contributed by atoms with E-state index < -0.39 is 15.6 Å². The van der Waals surface area contributed by atoms with Crippen LogP contribution in [-0.4, -0.2) is 27.6 Å². The van der Waals surface area contributed by atoms with Crippen molar-refractivity contribution < 1.29 is 47.6 Å². The summed E-state index contributed by atoms with van der Waals surface area (Å²) in [7, 11) is -3.22. The molecule has 0 aliphatic heterocycles. The molecule has 0 saturated heterocycles. The number of aryl methyl sites for hydroxylation is 1. The van der Waals surface area contributed by atoms with Crippen LogP contribution in [0.5, 0.6) is 0 Å². The van der Waals surface area contributed by atoms with Crippen molar-refractivity contribution in [1.29, 1.82) is 0 Å². The van der Waals surface area contributed by atoms with Crippen molar-refractivity contribution in [3.63, 3.8) is 0 Å². The Balaban J connectivity index is 0.00000144. The van der Waals surface area contributed by atoms with Crippen molar-refractivity contribution in [2.45, 2.75) is 5.44 Å². The van der Waals surface area contributed by atoms with Crippen molar-refractivity contribution in [3.05, 3.63) is 18.2 Å². The molecule has 6 nitrogen and oxygen atoms in total. The van der Waals surface area contributed by atoms with Gasteiger partial charge >= 0.3 is 29.6 Å². The first-order valence-electron chi connectivity index (χ1n) is 3.02. The Morgan fingerprint density at radius 1 is 1.69 bits per heavy atom. The van der Waals surface area contributed by atoms with Crippen LogP contribution in [-0.2, 0) is 17.2 Å². The number of aromatic nitrogens is 2. The Hall–Kier alpha value is 0.0800. The van der Waals surface area contributed by atoms with Crippen LogP contribution >= 0.6 is 0 Å². The number of hydrogen-bond donors (Lipinski definition) is 1. The minimum atomic E-state index is -4.70. The predicted molar refractivity (Wildman–Crippen MR) is 37.9 cm³/mol. The topological polar surface area (TPSA) is 95.2 Å². The van der Waals surface area contributed by atoms with E-state index in [1.807, 2.05) is 0 Å². The molecule has 0 amide bonds. The molecule has 68 valence electrons. The molecule has 0 aliphatic carbocycles. The smallest absolute Gasteiger partial charge is 0.746 e. The van der Waals surface area contributed by atoms with Crippen molar-refractivity contribution in [1.82, 2.24) is 9.55 Å². The second-order valence-electron chi connectivity index (χ2n) is 2.27. The van der Waals surface area contributed by atoms with Gasteiger partial charge < -0.3 is 14.2 Å². The Kier molecular flexibility index (Phi) is 4.56. The molecule has 1 atom stereocenters. The van der Waals surface area contributed by atoms with Crippen LogP contribution in [0.15, 0.2) is 12.5 Å². The number of imidazole rings is 1. The van der Waals surface area contributed by atoms with Gasteiger partial charge in [-0.25, -0.2) is 13.4 Å². The van der Waals surface area contributed by atoms with Crippen LogP contribution in [0.1, 0.15) is 11.1 Å². The van der Waals surface area contributed by atoms with Gasteiger partial charge in [-0.15, -0.1) is 0 Å². The maximum Gasteiger partial charge on any atom is 1.00 e. The Bertz CT molecular complexity index is 374. The fourth-order valence-corrected chi connectivity index (χ4v) is 1.28. The summed E-state index contributed by atoms with van der Waals surface area (Å²) in [6.07, 6.45) is 2.42. The monoisotopic (exact) mass is 214 g/mol. The molecule has 1 aromatic rings. The second kappa shape index (κ2) is 4.54. The molecule has 1 heterocycles. The van der Waals surface area contributed by atoms with Crippen molar-refractivity contribution in [2.24, 2.45) is 7.05 Å². The number of nitrogens with zero attached hydrogens (tertiary/aromatic N) is 2. The number of rotatable bonds is 2. The molecular weight excluding hydrogens is 207 g/mol. The third kappa shape index (κ3) is 3.04. The van der Waals surface area contributed by atoms with Crippen LogP contribution in [0.25, 0.3) is 0 Å². The SMILES string of the molecule is Cn1cncc1C(O)S(=O)(=O)[O-].[Na+]. The second-order valence-corrected chi connectivity index (χ2v) is 3.71. The zero-order valence-electron chi connectivity index (χ0n) is 7.21. The zero-order valence-corrected chi connectivity index (χ0v) is 10.0. The largest absolute Gasteiger partial charge is 1.00 e. The summed E-state index contributed by atoms with van der Waals surface area (Å²) in [5.41, 5.74) is -2.07. The molecule has 0 aliphatic rings. The molecule has 1 unspecified atom stereocenters. The van der Waals surface area contributed by atoms with Crippen LogP contribution in [0.2, 0.25) is 0 Å². The molecule has 0 bridgehead atoms. The van der Waals surface area contributed by atoms with Crippen LogP contribution in [0.3, 0.4) is 0 Å². The van der Waals surface area contributed by atoms with E-state index >= 15 is 0 Å². The molecule has 1 N–H and O–H groups in total. The molecule has 0 radical (unpaired) electrons. The maximum absolute atomic E-state index is 10.3. The molecule has 0 saturated carbocycles. The van der Waals surface area contributed by atoms with E-state index in [2.05, 4.69) is 4.98 Å². The summed E-state index contributed by atoms with van der Waals surface area (Å²) >= 11 is 0. The quantitative estimate of drug-likeness (QED) is 0.399. The van der Waals surface area contributed by atoms with Crippen LogP contribution < -0.4 is 29.6 Å². The van der Waals surface area contributed by atoms with Gasteiger partial charge in [-0.1, -0.05) is 0 Å². The van der Waals surface area contributed by atoms with Gasteiger partial charge in [-0.2, -0.15) is 0 Å². The maximum atomic E-state index is 10.3. The summed E-state index contributed by atoms with van der Waals surface area (Å²) in [5, 5.41) is 8.97. The van der Waals surface area contributed by atoms with E-state index in [1.54, 1.807) is 0 Å². The van der Waals surface area contributed by atoms with Crippen molar-refractivity contribution >= 4 is 10.1 Å². The van der Waals surface area contributed by atoms with Gasteiger partial charge in [0, 0.05) is 7.05 Å². The molecule has 13 heavy (non-hydrogen) atoms. The van der Waals surface area contributed by atoms with Crippen LogP contribution in [0, 0.1) is 0 Å². The van der Waals surface area contributed by atoms with Gasteiger partial charge in [0.25, 0.3) is 0 Å². The van der Waals surface area contributed by atoms with E-state index in [4.69, 9.17) is 5.11 Å². The van der Waals surface area contributed by atoms with Gasteiger partial charge in [0.05, 0.1) is 18.2 Å². The fraction of sp³-hybridized carbons (Fsp3) is 0.400. The minimum Gasteiger partial charge on any atom is -0.746 e. The summed E-state index contributed by atoms with van der Waals surface area (Å²) in [5.74, 6) is 0. The average molecular weight is 214 g/mol. The van der Waals surface area contributed by atoms with E-state index in [-0.39, 0.29) is 35.3 Å². The van der Waals surface area contributed by atoms with Gasteiger partial charge in [0.15, 0.2) is 5.44 Å². The van der Waals surface area contributed by atoms with Gasteiger partial charge in [-0.3, -0.25) is 0 Å². The van der Waals surface area contributed by atoms with Gasteiger partial charge in [-0.05, 0) is 0 Å². The molecular formula is C5H7N2NaO4S. The first kappa shape index (κ1) is 13.1. The van der Waals surface area contributed by atoms with E-state index in [0.29, 0.717) is 0 Å². The summed E-state index contributed by atoms with van der Waals surface area (Å²) in [6.45, 7) is 0. The first-order chi connectivity index (χ1) is 5.43. The number of aliphatic hydroxyl groups excluding tert-OH is 1. The molecule has 1 rings (SSSR count). The van der Waals surface area contributed by atoms with E-state index in [1.165, 1.54) is 17.9 Å². The Morgan fingerprint density at radius 2 is 2.23 bits per heavy atom. The first-order valence-corrected chi connectivity index (χ1v) is 4.49. The number of aliphatic hydroxyl groups is 1. The predicted octanol–water partition coefficient (Wildman–Crippen LogP) is -4.04. The minimum absolute atomic E-state index is 0. The molecule has 0 fully saturated rings. The standard InChI is InChI=1S/C5H8N2O4S.Na/c1-7-3-6-2-4(7)5(8)12(9,10)11;/h2-3,5,8H,1H3,(H,9,10,11);/q;+1/p-1. The van der Waals surface area contributed by atoms with Crippen molar-refractivity contribution in [2.75, 3.05) is 0 Å². The zero-order chi connectivity index (χ0) is 9.35. The van der Waals surface area contributed by atoms with E-state index in [9.17, 15) is 13.0 Å². The molecule has 0 aromatic carbocycles. The number of hydrogen-bond acceptors (Lipinski definition) is 5. The summed E-state index contributed by atoms with van der Waals surface area (Å²) < 4.78 is 32.3. The molecule has 1 aromatic heterocycles. The molecule has 8 heteroatoms. The van der Waals surface area contributed by atoms with Gasteiger partial charge in [0.2, 0.25) is 0 Å². The van der Waals surface area contributed by atoms with Gasteiger partial charge in [0.1, 0.15) is 10.1 Å². The summed E-state index contributed by atoms with van der Waals surface area (Å²) in [6, 6.07) is 0. The summed E-state index contributed by atoms with van der Waals surface area (Å²) in [4.78, 5) is 3.56. The van der Waals surface area contributed by atoms with E-state index in [0.717, 1.165) is 6.20 Å². The Labute approximate surface area is 97.6 Å². The fourth-order valence-electron chi connectivity index (χ4n) is 0.753. The van der Waals surface area contributed by atoms with Crippen LogP contribution in [0.4, 0.5) is 0 Å².